The molecule has 1 aliphatic carbocycles. The van der Waals surface area contributed by atoms with Crippen LogP contribution < -0.4 is 15.8 Å². The summed E-state index contributed by atoms with van der Waals surface area (Å²) in [4.78, 5) is 0. The molecule has 0 heterocycles. The van der Waals surface area contributed by atoms with Crippen molar-refractivity contribution in [2.24, 2.45) is 17.6 Å². The summed E-state index contributed by atoms with van der Waals surface area (Å²) >= 11 is 0. The van der Waals surface area contributed by atoms with Crippen molar-refractivity contribution in [1.29, 1.82) is 0 Å². The lowest BCUT2D eigenvalue weighted by molar-refractivity contribution is -0.0498. The van der Waals surface area contributed by atoms with Gasteiger partial charge in [-0.1, -0.05) is 19.1 Å². The second-order valence-corrected chi connectivity index (χ2v) is 5.46. The minimum Gasteiger partial charge on any atom is -0.435 e. The van der Waals surface area contributed by atoms with Crippen molar-refractivity contribution in [3.63, 3.8) is 0 Å². The van der Waals surface area contributed by atoms with Crippen molar-refractivity contribution in [3.8, 4) is 5.75 Å². The van der Waals surface area contributed by atoms with Gasteiger partial charge in [-0.05, 0) is 48.9 Å². The molecule has 1 aromatic carbocycles. The van der Waals surface area contributed by atoms with E-state index in [1.807, 2.05) is 0 Å². The first-order valence-corrected chi connectivity index (χ1v) is 7.08. The van der Waals surface area contributed by atoms with Crippen LogP contribution in [0.2, 0.25) is 0 Å². The molecule has 1 fully saturated rings. The summed E-state index contributed by atoms with van der Waals surface area (Å²) in [6.45, 7) is 0.871. The van der Waals surface area contributed by atoms with E-state index in [0.717, 1.165) is 18.0 Å². The van der Waals surface area contributed by atoms with Crippen molar-refractivity contribution in [2.75, 3.05) is 13.1 Å². The zero-order valence-electron chi connectivity index (χ0n) is 11.7. The molecular formula is C15H22F2N2O. The van der Waals surface area contributed by atoms with Gasteiger partial charge in [-0.25, -0.2) is 0 Å². The molecule has 2 atom stereocenters. The zero-order valence-corrected chi connectivity index (χ0v) is 11.7. The Kier molecular flexibility index (Phi) is 5.31. The summed E-state index contributed by atoms with van der Waals surface area (Å²) in [7, 11) is 0. The quantitative estimate of drug-likeness (QED) is 0.771. The highest BCUT2D eigenvalue weighted by Crippen LogP contribution is 2.36. The van der Waals surface area contributed by atoms with Gasteiger partial charge in [0.1, 0.15) is 5.75 Å². The van der Waals surface area contributed by atoms with E-state index in [2.05, 4.69) is 17.0 Å². The molecule has 112 valence electrons. The molecule has 0 radical (unpaired) electrons. The molecule has 0 bridgehead atoms. The van der Waals surface area contributed by atoms with Crippen LogP contribution in [-0.2, 0) is 0 Å². The second-order valence-electron chi connectivity index (χ2n) is 5.46. The average Bonchev–Trinajstić information content (AvgIpc) is 3.24. The molecular weight excluding hydrogens is 262 g/mol. The number of rotatable bonds is 8. The molecule has 0 amide bonds. The predicted molar refractivity (Wildman–Crippen MR) is 74.8 cm³/mol. The van der Waals surface area contributed by atoms with Crippen molar-refractivity contribution in [2.45, 2.75) is 32.4 Å². The van der Waals surface area contributed by atoms with Crippen LogP contribution in [0.1, 0.15) is 31.4 Å². The Balaban J connectivity index is 1.89. The lowest BCUT2D eigenvalue weighted by atomic mass is 10.0. The van der Waals surface area contributed by atoms with E-state index in [1.165, 1.54) is 12.8 Å². The number of nitrogens with two attached hydrogens (primary N) is 1. The molecule has 0 aromatic heterocycles. The molecule has 20 heavy (non-hydrogen) atoms. The van der Waals surface area contributed by atoms with Crippen LogP contribution in [0.15, 0.2) is 24.3 Å². The fourth-order valence-electron chi connectivity index (χ4n) is 2.38. The minimum absolute atomic E-state index is 0.0526. The molecule has 0 saturated heterocycles. The van der Waals surface area contributed by atoms with E-state index in [4.69, 9.17) is 5.73 Å². The lowest BCUT2D eigenvalue weighted by Crippen LogP contribution is -2.32. The summed E-state index contributed by atoms with van der Waals surface area (Å²) in [5.41, 5.74) is 6.79. The summed E-state index contributed by atoms with van der Waals surface area (Å²) in [5.74, 6) is 1.68. The van der Waals surface area contributed by atoms with Crippen molar-refractivity contribution in [1.82, 2.24) is 5.32 Å². The minimum atomic E-state index is -2.79. The van der Waals surface area contributed by atoms with E-state index in [1.54, 1.807) is 24.3 Å². The zero-order chi connectivity index (χ0) is 14.5. The predicted octanol–water partition coefficient (Wildman–Crippen LogP) is 2.92. The van der Waals surface area contributed by atoms with Gasteiger partial charge in [-0.3, -0.25) is 0 Å². The molecule has 2 rings (SSSR count). The second kappa shape index (κ2) is 6.99. The van der Waals surface area contributed by atoms with Crippen LogP contribution in [0.5, 0.6) is 5.75 Å². The van der Waals surface area contributed by atoms with Crippen LogP contribution in [0.25, 0.3) is 0 Å². The Labute approximate surface area is 118 Å². The van der Waals surface area contributed by atoms with Gasteiger partial charge in [0.25, 0.3) is 0 Å². The molecule has 0 spiro atoms. The van der Waals surface area contributed by atoms with Crippen molar-refractivity contribution in [3.05, 3.63) is 29.8 Å². The van der Waals surface area contributed by atoms with E-state index in [0.29, 0.717) is 12.5 Å². The summed E-state index contributed by atoms with van der Waals surface area (Å²) < 4.78 is 28.5. The monoisotopic (exact) mass is 284 g/mol. The van der Waals surface area contributed by atoms with E-state index < -0.39 is 6.61 Å². The lowest BCUT2D eigenvalue weighted by Gasteiger charge is -2.20. The third-order valence-electron chi connectivity index (χ3n) is 3.86. The Morgan fingerprint density at radius 1 is 1.30 bits per heavy atom. The maximum Gasteiger partial charge on any atom is 0.387 e. The number of hydrogen-bond donors (Lipinski definition) is 2. The van der Waals surface area contributed by atoms with Crippen LogP contribution in [-0.4, -0.2) is 19.7 Å². The summed E-state index contributed by atoms with van der Waals surface area (Å²) in [6, 6.07) is 6.72. The third kappa shape index (κ3) is 4.42. The smallest absolute Gasteiger partial charge is 0.387 e. The highest BCUT2D eigenvalue weighted by molar-refractivity contribution is 5.29. The Morgan fingerprint density at radius 2 is 1.95 bits per heavy atom. The van der Waals surface area contributed by atoms with E-state index >= 15 is 0 Å². The first-order chi connectivity index (χ1) is 9.60. The molecule has 0 aliphatic heterocycles. The number of nitrogens with one attached hydrogen (secondary N) is 1. The number of benzene rings is 1. The number of halogens is 2. The van der Waals surface area contributed by atoms with E-state index in [9.17, 15) is 8.78 Å². The van der Waals surface area contributed by atoms with Crippen LogP contribution in [0, 0.1) is 11.8 Å². The standard InChI is InChI=1S/C15H22F2N2O/c1-10(11-2-3-11)9-19-14(8-18)12-4-6-13(7-5-12)20-15(16)17/h4-7,10-11,14-15,19H,2-3,8-9,18H2,1H3. The Bertz CT molecular complexity index is 407. The van der Waals surface area contributed by atoms with Gasteiger partial charge in [-0.2, -0.15) is 8.78 Å². The van der Waals surface area contributed by atoms with Gasteiger partial charge in [0.15, 0.2) is 0 Å². The highest BCUT2D eigenvalue weighted by atomic mass is 19.3. The summed E-state index contributed by atoms with van der Waals surface area (Å²) in [5, 5.41) is 3.45. The average molecular weight is 284 g/mol. The highest BCUT2D eigenvalue weighted by Gasteiger charge is 2.27. The van der Waals surface area contributed by atoms with Crippen LogP contribution in [0.4, 0.5) is 8.78 Å². The number of ether oxygens (including phenoxy) is 1. The van der Waals surface area contributed by atoms with Crippen molar-refractivity contribution < 1.29 is 13.5 Å². The largest absolute Gasteiger partial charge is 0.435 e. The SMILES string of the molecule is CC(CNC(CN)c1ccc(OC(F)F)cc1)C1CC1. The van der Waals surface area contributed by atoms with Gasteiger partial charge in [0, 0.05) is 12.6 Å². The number of alkyl halides is 2. The molecule has 5 heteroatoms. The molecule has 3 N–H and O–H groups in total. The summed E-state index contributed by atoms with van der Waals surface area (Å²) in [6.07, 6.45) is 2.66. The van der Waals surface area contributed by atoms with E-state index in [-0.39, 0.29) is 11.8 Å². The normalized spacial score (nSPS) is 18.1. The third-order valence-corrected chi connectivity index (χ3v) is 3.86. The molecule has 1 saturated carbocycles. The Hall–Kier alpha value is -1.20. The van der Waals surface area contributed by atoms with Gasteiger partial charge in [0.05, 0.1) is 0 Å². The van der Waals surface area contributed by atoms with Gasteiger partial charge >= 0.3 is 6.61 Å². The van der Waals surface area contributed by atoms with Crippen molar-refractivity contribution >= 4 is 0 Å². The first kappa shape index (κ1) is 15.2. The Morgan fingerprint density at radius 3 is 2.45 bits per heavy atom. The molecule has 1 aliphatic rings. The maximum atomic E-state index is 12.1. The maximum absolute atomic E-state index is 12.1. The fourth-order valence-corrected chi connectivity index (χ4v) is 2.38. The fraction of sp³-hybridized carbons (Fsp3) is 0.600. The molecule has 3 nitrogen and oxygen atoms in total. The number of hydrogen-bond acceptors (Lipinski definition) is 3. The van der Waals surface area contributed by atoms with Gasteiger partial charge in [0.2, 0.25) is 0 Å². The van der Waals surface area contributed by atoms with Gasteiger partial charge < -0.3 is 15.8 Å². The van der Waals surface area contributed by atoms with Crippen LogP contribution >= 0.6 is 0 Å². The van der Waals surface area contributed by atoms with Crippen LogP contribution in [0.3, 0.4) is 0 Å². The topological polar surface area (TPSA) is 47.3 Å². The molecule has 2 unspecified atom stereocenters. The molecule has 1 aromatic rings. The first-order valence-electron chi connectivity index (χ1n) is 7.08. The van der Waals surface area contributed by atoms with Gasteiger partial charge in [-0.15, -0.1) is 0 Å².